The zero-order valence-electron chi connectivity index (χ0n) is 12.5. The summed E-state index contributed by atoms with van der Waals surface area (Å²) in [7, 11) is 1.70. The maximum atomic E-state index is 5.69. The van der Waals surface area contributed by atoms with Crippen molar-refractivity contribution in [3.63, 3.8) is 0 Å². The van der Waals surface area contributed by atoms with Crippen LogP contribution in [0.25, 0.3) is 0 Å². The van der Waals surface area contributed by atoms with Gasteiger partial charge in [0.25, 0.3) is 0 Å². The van der Waals surface area contributed by atoms with Crippen molar-refractivity contribution in [3.8, 4) is 5.75 Å². The summed E-state index contributed by atoms with van der Waals surface area (Å²) in [6.45, 7) is 13.3. The van der Waals surface area contributed by atoms with Crippen molar-refractivity contribution in [3.05, 3.63) is 29.3 Å². The molecule has 0 bridgehead atoms. The van der Waals surface area contributed by atoms with Gasteiger partial charge in [-0.05, 0) is 22.5 Å². The van der Waals surface area contributed by atoms with Gasteiger partial charge in [0.2, 0.25) is 9.03 Å². The normalized spacial score (nSPS) is 13.3. The Morgan fingerprint density at radius 3 is 2.00 bits per heavy atom. The fourth-order valence-corrected chi connectivity index (χ4v) is 2.11. The van der Waals surface area contributed by atoms with Crippen LogP contribution in [0.3, 0.4) is 0 Å². The lowest BCUT2D eigenvalue weighted by molar-refractivity contribution is 0.411. The summed E-state index contributed by atoms with van der Waals surface area (Å²) in [4.78, 5) is 0. The molecule has 3 heteroatoms. The van der Waals surface area contributed by atoms with Crippen molar-refractivity contribution in [2.24, 2.45) is 0 Å². The minimum absolute atomic E-state index is 0.0512. The van der Waals surface area contributed by atoms with E-state index < -0.39 is 0 Å². The molecule has 0 N–H and O–H groups in total. The number of hydrogen-bond acceptors (Lipinski definition) is 2. The highest BCUT2D eigenvalue weighted by Crippen LogP contribution is 2.37. The first-order valence-electron chi connectivity index (χ1n) is 6.26. The van der Waals surface area contributed by atoms with E-state index in [1.54, 1.807) is 7.11 Å². The van der Waals surface area contributed by atoms with E-state index in [2.05, 4.69) is 59.7 Å². The van der Waals surface area contributed by atoms with Crippen molar-refractivity contribution in [1.82, 2.24) is 0 Å². The second-order valence-electron chi connectivity index (χ2n) is 6.60. The van der Waals surface area contributed by atoms with Gasteiger partial charge in [-0.3, -0.25) is 0 Å². The van der Waals surface area contributed by atoms with Gasteiger partial charge in [-0.2, -0.15) is 0 Å². The van der Waals surface area contributed by atoms with Crippen LogP contribution in [-0.2, 0) is 15.4 Å². The Hall–Kier alpha value is -0.590. The average Bonchev–Trinajstić information content (AvgIpc) is 2.23. The first kappa shape index (κ1) is 15.5. The maximum absolute atomic E-state index is 5.69. The highest BCUT2D eigenvalue weighted by molar-refractivity contribution is 7.26. The van der Waals surface area contributed by atoms with E-state index in [-0.39, 0.29) is 19.9 Å². The number of benzene rings is 1. The summed E-state index contributed by atoms with van der Waals surface area (Å²) < 4.78 is 10.7. The Morgan fingerprint density at radius 2 is 1.56 bits per heavy atom. The monoisotopic (exact) mass is 268 g/mol. The van der Waals surface area contributed by atoms with E-state index in [9.17, 15) is 0 Å². The number of rotatable bonds is 3. The third-order valence-corrected chi connectivity index (χ3v) is 3.36. The van der Waals surface area contributed by atoms with Gasteiger partial charge >= 0.3 is 0 Å². The highest BCUT2D eigenvalue weighted by Gasteiger charge is 2.23. The summed E-state index contributed by atoms with van der Waals surface area (Å²) in [5.41, 5.74) is 2.79. The van der Waals surface area contributed by atoms with Crippen LogP contribution in [0.1, 0.15) is 52.7 Å². The highest BCUT2D eigenvalue weighted by atomic mass is 31.1. The number of hydrogen-bond donors (Lipinski definition) is 0. The van der Waals surface area contributed by atoms with E-state index in [0.29, 0.717) is 0 Å². The molecule has 0 saturated carbocycles. The second kappa shape index (κ2) is 5.59. The lowest BCUT2D eigenvalue weighted by Gasteiger charge is -2.26. The van der Waals surface area contributed by atoms with Crippen LogP contribution in [0.2, 0.25) is 0 Å². The third kappa shape index (κ3) is 3.96. The van der Waals surface area contributed by atoms with E-state index in [1.807, 2.05) is 0 Å². The fourth-order valence-electron chi connectivity index (χ4n) is 1.76. The molecule has 1 unspecified atom stereocenters. The molecule has 0 aliphatic carbocycles. The van der Waals surface area contributed by atoms with Gasteiger partial charge in [0, 0.05) is 12.7 Å². The Kier molecular flexibility index (Phi) is 4.80. The Bertz CT molecular complexity index is 400. The molecule has 1 aromatic carbocycles. The van der Waals surface area contributed by atoms with Gasteiger partial charge in [0.05, 0.1) is 0 Å². The molecule has 0 heterocycles. The van der Waals surface area contributed by atoms with Crippen molar-refractivity contribution >= 4 is 9.03 Å². The lowest BCUT2D eigenvalue weighted by atomic mass is 9.80. The van der Waals surface area contributed by atoms with Crippen molar-refractivity contribution in [2.75, 3.05) is 7.11 Å². The topological polar surface area (TPSA) is 18.5 Å². The zero-order chi connectivity index (χ0) is 14.0. The molecule has 0 spiro atoms. The maximum Gasteiger partial charge on any atom is 0.215 e. The molecule has 102 valence electrons. The second-order valence-corrected chi connectivity index (χ2v) is 7.38. The minimum Gasteiger partial charge on any atom is -0.449 e. The molecular weight excluding hydrogens is 243 g/mol. The Balaban J connectivity index is 3.21. The van der Waals surface area contributed by atoms with E-state index in [4.69, 9.17) is 9.05 Å². The molecule has 0 aliphatic rings. The van der Waals surface area contributed by atoms with E-state index >= 15 is 0 Å². The summed E-state index contributed by atoms with van der Waals surface area (Å²) in [6, 6.07) is 6.47. The van der Waals surface area contributed by atoms with E-state index in [1.165, 1.54) is 11.1 Å². The first-order valence-corrected chi connectivity index (χ1v) is 7.08. The molecule has 18 heavy (non-hydrogen) atoms. The first-order chi connectivity index (χ1) is 8.16. The molecule has 0 aliphatic heterocycles. The lowest BCUT2D eigenvalue weighted by Crippen LogP contribution is -2.16. The smallest absolute Gasteiger partial charge is 0.215 e. The Morgan fingerprint density at radius 1 is 0.944 bits per heavy atom. The predicted molar refractivity (Wildman–Crippen MR) is 79.8 cm³/mol. The molecule has 0 saturated heterocycles. The minimum atomic E-state index is 0.0512. The van der Waals surface area contributed by atoms with Crippen LogP contribution in [0.4, 0.5) is 0 Å². The third-order valence-electron chi connectivity index (χ3n) is 2.89. The molecule has 1 rings (SSSR count). The van der Waals surface area contributed by atoms with Crippen molar-refractivity contribution in [2.45, 2.75) is 52.4 Å². The van der Waals surface area contributed by atoms with Crippen LogP contribution >= 0.6 is 9.03 Å². The zero-order valence-corrected chi connectivity index (χ0v) is 13.5. The summed E-state index contributed by atoms with van der Waals surface area (Å²) >= 11 is 0. The van der Waals surface area contributed by atoms with Crippen LogP contribution in [0.15, 0.2) is 18.2 Å². The molecule has 0 radical (unpaired) electrons. The molecule has 0 aromatic heterocycles. The van der Waals surface area contributed by atoms with Crippen LogP contribution in [0, 0.1) is 0 Å². The largest absolute Gasteiger partial charge is 0.449 e. The van der Waals surface area contributed by atoms with Crippen LogP contribution < -0.4 is 4.52 Å². The molecule has 0 amide bonds. The molecule has 1 aromatic rings. The predicted octanol–water partition coefficient (Wildman–Crippen LogP) is 4.82. The van der Waals surface area contributed by atoms with Gasteiger partial charge in [0.1, 0.15) is 5.75 Å². The summed E-state index contributed by atoms with van der Waals surface area (Å²) in [5, 5.41) is 0. The van der Waals surface area contributed by atoms with Gasteiger partial charge in [-0.15, -0.1) is 0 Å². The van der Waals surface area contributed by atoms with Crippen LogP contribution in [0.5, 0.6) is 5.75 Å². The van der Waals surface area contributed by atoms with Gasteiger partial charge in [-0.25, -0.2) is 0 Å². The molecular formula is C15H25O2P. The SMILES string of the molecule is COPOc1ccc(C(C)(C)C)cc1C(C)(C)C. The molecule has 0 fully saturated rings. The van der Waals surface area contributed by atoms with Crippen molar-refractivity contribution in [1.29, 1.82) is 0 Å². The standard InChI is InChI=1S/C15H25O2P/c1-14(2,3)11-8-9-13(17-18-16-7)12(10-11)15(4,5)6/h8-10,18H,1-7H3. The van der Waals surface area contributed by atoms with E-state index in [0.717, 1.165) is 5.75 Å². The van der Waals surface area contributed by atoms with Gasteiger partial charge in [-0.1, -0.05) is 53.7 Å². The molecule has 2 nitrogen and oxygen atoms in total. The van der Waals surface area contributed by atoms with Gasteiger partial charge < -0.3 is 9.05 Å². The quantitative estimate of drug-likeness (QED) is 0.732. The fraction of sp³-hybridized carbons (Fsp3) is 0.600. The Labute approximate surface area is 113 Å². The summed E-state index contributed by atoms with van der Waals surface area (Å²) in [5.74, 6) is 0.927. The van der Waals surface area contributed by atoms with Crippen molar-refractivity contribution < 1.29 is 9.05 Å². The average molecular weight is 268 g/mol. The van der Waals surface area contributed by atoms with Gasteiger partial charge in [0.15, 0.2) is 0 Å². The van der Waals surface area contributed by atoms with Crippen LogP contribution in [-0.4, -0.2) is 7.11 Å². The summed E-state index contributed by atoms with van der Waals surface area (Å²) in [6.07, 6.45) is 0. The molecule has 1 atom stereocenters.